The van der Waals surface area contributed by atoms with Crippen LogP contribution in [0.4, 0.5) is 5.69 Å². The van der Waals surface area contributed by atoms with Gasteiger partial charge in [-0.2, -0.15) is 0 Å². The van der Waals surface area contributed by atoms with Crippen molar-refractivity contribution in [1.82, 2.24) is 9.47 Å². The molecule has 3 aromatic rings. The van der Waals surface area contributed by atoms with Crippen LogP contribution in [0.5, 0.6) is 0 Å². The van der Waals surface area contributed by atoms with E-state index in [1.54, 1.807) is 55.0 Å². The number of carbonyl (C=O) groups is 3. The quantitative estimate of drug-likeness (QED) is 0.219. The fourth-order valence-corrected chi connectivity index (χ4v) is 4.42. The molecule has 0 spiro atoms. The SMILES string of the molecule is CCOC(=O)Cn1cc(/C=C2/C(=O)N(CC)C(=S)N(c3ccc(Cl)cc3)C2=O)c2ccccc21. The van der Waals surface area contributed by atoms with Crippen molar-refractivity contribution in [3.8, 4) is 0 Å². The van der Waals surface area contributed by atoms with E-state index in [0.29, 0.717) is 22.8 Å². The Balaban J connectivity index is 1.81. The highest BCUT2D eigenvalue weighted by Crippen LogP contribution is 2.29. The number of ether oxygens (including phenoxy) is 1. The zero-order valence-electron chi connectivity index (χ0n) is 18.7. The van der Waals surface area contributed by atoms with E-state index in [0.717, 1.165) is 10.9 Å². The van der Waals surface area contributed by atoms with E-state index >= 15 is 0 Å². The smallest absolute Gasteiger partial charge is 0.325 e. The number of para-hydroxylation sites is 1. The van der Waals surface area contributed by atoms with Crippen LogP contribution >= 0.6 is 23.8 Å². The number of rotatable bonds is 6. The second-order valence-corrected chi connectivity index (χ2v) is 8.34. The number of likely N-dealkylation sites (N-methyl/N-ethyl adjacent to an activating group) is 1. The van der Waals surface area contributed by atoms with E-state index < -0.39 is 11.8 Å². The van der Waals surface area contributed by atoms with Crippen LogP contribution in [-0.4, -0.2) is 45.5 Å². The van der Waals surface area contributed by atoms with Crippen molar-refractivity contribution in [2.75, 3.05) is 18.1 Å². The lowest BCUT2D eigenvalue weighted by atomic mass is 10.1. The number of hydrogen-bond donors (Lipinski definition) is 0. The summed E-state index contributed by atoms with van der Waals surface area (Å²) in [5.74, 6) is -1.36. The number of anilines is 1. The van der Waals surface area contributed by atoms with Crippen molar-refractivity contribution in [1.29, 1.82) is 0 Å². The van der Waals surface area contributed by atoms with E-state index in [1.165, 1.54) is 9.80 Å². The molecule has 0 saturated carbocycles. The third-order valence-corrected chi connectivity index (χ3v) is 6.11. The molecule has 0 N–H and O–H groups in total. The first-order valence-electron chi connectivity index (χ1n) is 10.8. The molecule has 1 fully saturated rings. The molecule has 2 aromatic carbocycles. The Morgan fingerprint density at radius 3 is 2.44 bits per heavy atom. The Morgan fingerprint density at radius 2 is 1.76 bits per heavy atom. The van der Waals surface area contributed by atoms with Crippen molar-refractivity contribution in [3.63, 3.8) is 0 Å². The lowest BCUT2D eigenvalue weighted by Crippen LogP contribution is -2.56. The molecular formula is C25H22ClN3O4S. The van der Waals surface area contributed by atoms with Crippen LogP contribution in [-0.2, 0) is 25.7 Å². The molecule has 0 atom stereocenters. The van der Waals surface area contributed by atoms with E-state index in [2.05, 4.69) is 0 Å². The first kappa shape index (κ1) is 23.7. The van der Waals surface area contributed by atoms with Gasteiger partial charge in [0.05, 0.1) is 12.3 Å². The maximum absolute atomic E-state index is 13.5. The zero-order valence-corrected chi connectivity index (χ0v) is 20.2. The monoisotopic (exact) mass is 495 g/mol. The molecule has 1 aromatic heterocycles. The summed E-state index contributed by atoms with van der Waals surface area (Å²) >= 11 is 11.5. The van der Waals surface area contributed by atoms with Crippen molar-refractivity contribution >= 4 is 69.4 Å². The Bertz CT molecular complexity index is 1330. The molecule has 1 aliphatic heterocycles. The molecule has 4 rings (SSSR count). The van der Waals surface area contributed by atoms with Gasteiger partial charge >= 0.3 is 5.97 Å². The normalized spacial score (nSPS) is 15.5. The maximum Gasteiger partial charge on any atom is 0.325 e. The Hall–Kier alpha value is -3.49. The van der Waals surface area contributed by atoms with Crippen LogP contribution in [0.2, 0.25) is 5.02 Å². The summed E-state index contributed by atoms with van der Waals surface area (Å²) < 4.78 is 6.83. The van der Waals surface area contributed by atoms with Crippen molar-refractivity contribution < 1.29 is 19.1 Å². The molecular weight excluding hydrogens is 474 g/mol. The minimum Gasteiger partial charge on any atom is -0.465 e. The molecule has 1 saturated heterocycles. The van der Waals surface area contributed by atoms with E-state index in [4.69, 9.17) is 28.6 Å². The lowest BCUT2D eigenvalue weighted by molar-refractivity contribution is -0.143. The van der Waals surface area contributed by atoms with Crippen LogP contribution < -0.4 is 4.90 Å². The number of benzene rings is 2. The van der Waals surface area contributed by atoms with Gasteiger partial charge in [-0.1, -0.05) is 29.8 Å². The molecule has 174 valence electrons. The van der Waals surface area contributed by atoms with Crippen LogP contribution in [0, 0.1) is 0 Å². The number of thiocarbonyl (C=S) groups is 1. The second-order valence-electron chi connectivity index (χ2n) is 7.54. The van der Waals surface area contributed by atoms with Crippen molar-refractivity contribution in [2.45, 2.75) is 20.4 Å². The van der Waals surface area contributed by atoms with Gasteiger partial charge in [0.2, 0.25) is 0 Å². The average molecular weight is 496 g/mol. The summed E-state index contributed by atoms with van der Waals surface area (Å²) in [4.78, 5) is 41.6. The number of aromatic nitrogens is 1. The first-order valence-corrected chi connectivity index (χ1v) is 11.5. The van der Waals surface area contributed by atoms with Crippen molar-refractivity contribution in [3.05, 3.63) is 70.9 Å². The van der Waals surface area contributed by atoms with Crippen LogP contribution in [0.1, 0.15) is 19.4 Å². The van der Waals surface area contributed by atoms with Crippen LogP contribution in [0.25, 0.3) is 17.0 Å². The largest absolute Gasteiger partial charge is 0.465 e. The third kappa shape index (κ3) is 4.34. The van der Waals surface area contributed by atoms with Gasteiger partial charge in [-0.05, 0) is 62.5 Å². The van der Waals surface area contributed by atoms with Gasteiger partial charge in [-0.25, -0.2) is 0 Å². The third-order valence-electron chi connectivity index (χ3n) is 5.46. The number of nitrogens with zero attached hydrogens (tertiary/aromatic N) is 3. The summed E-state index contributed by atoms with van der Waals surface area (Å²) in [5, 5.41) is 1.43. The molecule has 2 amide bonds. The summed E-state index contributed by atoms with van der Waals surface area (Å²) in [6.07, 6.45) is 3.30. The molecule has 1 aliphatic rings. The predicted octanol–water partition coefficient (Wildman–Crippen LogP) is 4.42. The molecule has 0 radical (unpaired) electrons. The summed E-state index contributed by atoms with van der Waals surface area (Å²) in [5.41, 5.74) is 1.91. The number of carbonyl (C=O) groups excluding carboxylic acids is 3. The van der Waals surface area contributed by atoms with Crippen LogP contribution in [0.3, 0.4) is 0 Å². The standard InChI is InChI=1S/C25H22ClN3O4S/c1-3-28-23(31)20(24(32)29(25(28)34)18-11-9-17(26)10-12-18)13-16-14-27(15-22(30)33-4-2)21-8-6-5-7-19(16)21/h5-14H,3-4,15H2,1-2H3/b20-13-. The maximum atomic E-state index is 13.5. The minimum atomic E-state index is -0.524. The topological polar surface area (TPSA) is 71.8 Å². The van der Waals surface area contributed by atoms with Gasteiger partial charge in [-0.3, -0.25) is 24.2 Å². The molecule has 0 aliphatic carbocycles. The number of esters is 1. The second kappa shape index (κ2) is 9.79. The van der Waals surface area contributed by atoms with Gasteiger partial charge < -0.3 is 9.30 Å². The minimum absolute atomic E-state index is 0.0154. The molecule has 34 heavy (non-hydrogen) atoms. The van der Waals surface area contributed by atoms with Gasteiger partial charge in [-0.15, -0.1) is 0 Å². The summed E-state index contributed by atoms with van der Waals surface area (Å²) in [7, 11) is 0. The zero-order chi connectivity index (χ0) is 24.4. The first-order chi connectivity index (χ1) is 16.3. The number of amides is 2. The van der Waals surface area contributed by atoms with Crippen molar-refractivity contribution in [2.24, 2.45) is 0 Å². The van der Waals surface area contributed by atoms with Gasteiger partial charge in [0.15, 0.2) is 5.11 Å². The fraction of sp³-hybridized carbons (Fsp3) is 0.200. The number of halogens is 1. The average Bonchev–Trinajstić information content (AvgIpc) is 3.15. The van der Waals surface area contributed by atoms with E-state index in [9.17, 15) is 14.4 Å². The van der Waals surface area contributed by atoms with E-state index in [1.807, 2.05) is 24.3 Å². The molecule has 0 bridgehead atoms. The van der Waals surface area contributed by atoms with Gasteiger partial charge in [0, 0.05) is 34.2 Å². The highest BCUT2D eigenvalue weighted by atomic mass is 35.5. The van der Waals surface area contributed by atoms with Gasteiger partial charge in [0.25, 0.3) is 11.8 Å². The lowest BCUT2D eigenvalue weighted by Gasteiger charge is -2.36. The molecule has 7 nitrogen and oxygen atoms in total. The predicted molar refractivity (Wildman–Crippen MR) is 135 cm³/mol. The summed E-state index contributed by atoms with van der Waals surface area (Å²) in [6, 6.07) is 14.1. The Labute approximate surface area is 207 Å². The highest BCUT2D eigenvalue weighted by Gasteiger charge is 2.39. The van der Waals surface area contributed by atoms with Gasteiger partial charge in [0.1, 0.15) is 12.1 Å². The number of fused-ring (bicyclic) bond motifs is 1. The molecule has 0 unspecified atom stereocenters. The molecule has 2 heterocycles. The van der Waals surface area contributed by atoms with Crippen LogP contribution in [0.15, 0.2) is 60.3 Å². The fourth-order valence-electron chi connectivity index (χ4n) is 3.89. The number of hydrogen-bond acceptors (Lipinski definition) is 5. The van der Waals surface area contributed by atoms with E-state index in [-0.39, 0.29) is 29.8 Å². The molecule has 9 heteroatoms. The highest BCUT2D eigenvalue weighted by molar-refractivity contribution is 7.80. The Kier molecular flexibility index (Phi) is 6.81. The Morgan fingerprint density at radius 1 is 1.06 bits per heavy atom. The summed E-state index contributed by atoms with van der Waals surface area (Å²) in [6.45, 7) is 4.14.